The molecule has 90 valence electrons. The minimum Gasteiger partial charge on any atom is -0.321 e. The monoisotopic (exact) mass is 302 g/mol. The van der Waals surface area contributed by atoms with E-state index in [2.05, 4.69) is 31.1 Å². The Bertz CT molecular complexity index is 515. The predicted octanol–water partition coefficient (Wildman–Crippen LogP) is 2.09. The first-order valence-electron chi connectivity index (χ1n) is 4.83. The molecule has 1 atom stereocenters. The third-order valence-corrected chi connectivity index (χ3v) is 2.96. The Morgan fingerprint density at radius 2 is 2.18 bits per heavy atom. The van der Waals surface area contributed by atoms with Crippen LogP contribution in [0.4, 0.5) is 8.78 Å². The molecule has 1 aromatic carbocycles. The van der Waals surface area contributed by atoms with E-state index in [1.54, 1.807) is 0 Å². The Labute approximate surface area is 104 Å². The fourth-order valence-corrected chi connectivity index (χ4v) is 1.84. The van der Waals surface area contributed by atoms with Gasteiger partial charge in [0.2, 0.25) is 0 Å². The van der Waals surface area contributed by atoms with Crippen molar-refractivity contribution in [2.24, 2.45) is 5.73 Å². The number of aromatic nitrogens is 3. The average Bonchev–Trinajstić information content (AvgIpc) is 2.83. The maximum atomic E-state index is 13.7. The Hall–Kier alpha value is -1.34. The van der Waals surface area contributed by atoms with Crippen LogP contribution in [0.5, 0.6) is 0 Å². The van der Waals surface area contributed by atoms with Crippen molar-refractivity contribution in [3.63, 3.8) is 0 Å². The van der Waals surface area contributed by atoms with Gasteiger partial charge in [-0.3, -0.25) is 5.10 Å². The van der Waals surface area contributed by atoms with Crippen LogP contribution in [0.25, 0.3) is 0 Å². The molecule has 3 N–H and O–H groups in total. The second-order valence-corrected chi connectivity index (χ2v) is 4.36. The summed E-state index contributed by atoms with van der Waals surface area (Å²) in [6, 6.07) is 1.87. The van der Waals surface area contributed by atoms with Gasteiger partial charge in [-0.05, 0) is 28.1 Å². The van der Waals surface area contributed by atoms with Crippen LogP contribution >= 0.6 is 15.9 Å². The zero-order chi connectivity index (χ0) is 12.4. The van der Waals surface area contributed by atoms with Crippen LogP contribution in [0.1, 0.15) is 17.4 Å². The summed E-state index contributed by atoms with van der Waals surface area (Å²) in [4.78, 5) is 3.85. The van der Waals surface area contributed by atoms with Gasteiger partial charge in [0.05, 0.1) is 10.5 Å². The van der Waals surface area contributed by atoms with Crippen molar-refractivity contribution in [1.82, 2.24) is 15.2 Å². The second kappa shape index (κ2) is 4.89. The van der Waals surface area contributed by atoms with Gasteiger partial charge in [-0.1, -0.05) is 0 Å². The maximum absolute atomic E-state index is 13.7. The number of hydrogen-bond acceptors (Lipinski definition) is 3. The van der Waals surface area contributed by atoms with E-state index in [0.717, 1.165) is 0 Å². The Kier molecular flexibility index (Phi) is 3.49. The van der Waals surface area contributed by atoms with E-state index in [0.29, 0.717) is 5.82 Å². The molecule has 0 aliphatic heterocycles. The number of H-pyrrole nitrogens is 1. The largest absolute Gasteiger partial charge is 0.321 e. The van der Waals surface area contributed by atoms with Crippen LogP contribution in [0.2, 0.25) is 0 Å². The Balaban J connectivity index is 2.27. The lowest BCUT2D eigenvalue weighted by Crippen LogP contribution is -2.17. The van der Waals surface area contributed by atoms with E-state index in [1.807, 2.05) is 0 Å². The Morgan fingerprint density at radius 3 is 2.82 bits per heavy atom. The van der Waals surface area contributed by atoms with Crippen molar-refractivity contribution < 1.29 is 8.78 Å². The van der Waals surface area contributed by atoms with Gasteiger partial charge < -0.3 is 5.73 Å². The first-order valence-corrected chi connectivity index (χ1v) is 5.62. The molecule has 1 unspecified atom stereocenters. The summed E-state index contributed by atoms with van der Waals surface area (Å²) in [6.07, 6.45) is 1.30. The number of halogens is 3. The second-order valence-electron chi connectivity index (χ2n) is 3.50. The molecule has 0 aliphatic carbocycles. The molecule has 0 saturated heterocycles. The summed E-state index contributed by atoms with van der Waals surface area (Å²) < 4.78 is 27.4. The van der Waals surface area contributed by atoms with Gasteiger partial charge in [0.15, 0.2) is 0 Å². The standard InChI is InChI=1S/C10H9BrF2N4/c11-6-1-2-7(12)5(9(6)13)3-8(14)10-15-4-16-17-10/h1-2,4,8H,3,14H2,(H,15,16,17). The summed E-state index contributed by atoms with van der Waals surface area (Å²) in [5.41, 5.74) is 5.71. The number of nitrogens with two attached hydrogens (primary N) is 1. The van der Waals surface area contributed by atoms with Crippen molar-refractivity contribution in [2.75, 3.05) is 0 Å². The van der Waals surface area contributed by atoms with Gasteiger partial charge in [-0.2, -0.15) is 5.10 Å². The van der Waals surface area contributed by atoms with Crippen LogP contribution in [-0.2, 0) is 6.42 Å². The zero-order valence-corrected chi connectivity index (χ0v) is 10.2. The normalized spacial score (nSPS) is 12.7. The number of hydrogen-bond donors (Lipinski definition) is 2. The van der Waals surface area contributed by atoms with Gasteiger partial charge in [0.1, 0.15) is 23.8 Å². The van der Waals surface area contributed by atoms with Crippen molar-refractivity contribution in [2.45, 2.75) is 12.5 Å². The Morgan fingerprint density at radius 1 is 1.41 bits per heavy atom. The van der Waals surface area contributed by atoms with Gasteiger partial charge >= 0.3 is 0 Å². The van der Waals surface area contributed by atoms with E-state index in [1.165, 1.54) is 18.5 Å². The van der Waals surface area contributed by atoms with Crippen LogP contribution < -0.4 is 5.73 Å². The first-order chi connectivity index (χ1) is 8.09. The third-order valence-electron chi connectivity index (χ3n) is 2.35. The molecule has 7 heteroatoms. The minimum absolute atomic E-state index is 0.00625. The van der Waals surface area contributed by atoms with Gasteiger partial charge in [-0.25, -0.2) is 13.8 Å². The molecule has 0 aliphatic rings. The predicted molar refractivity (Wildman–Crippen MR) is 61.1 cm³/mol. The number of nitrogens with one attached hydrogen (secondary N) is 1. The highest BCUT2D eigenvalue weighted by Gasteiger charge is 2.18. The maximum Gasteiger partial charge on any atom is 0.143 e. The van der Waals surface area contributed by atoms with Crippen LogP contribution in [0, 0.1) is 11.6 Å². The SMILES string of the molecule is NC(Cc1c(F)ccc(Br)c1F)c1ncn[nH]1. The van der Waals surface area contributed by atoms with Crippen LogP contribution in [0.15, 0.2) is 22.9 Å². The number of benzene rings is 1. The molecule has 2 aromatic rings. The highest BCUT2D eigenvalue weighted by Crippen LogP contribution is 2.24. The molecule has 0 radical (unpaired) electrons. The van der Waals surface area contributed by atoms with E-state index in [4.69, 9.17) is 5.73 Å². The minimum atomic E-state index is -0.639. The summed E-state index contributed by atoms with van der Waals surface area (Å²) >= 11 is 3.00. The topological polar surface area (TPSA) is 67.6 Å². The molecule has 0 saturated carbocycles. The fourth-order valence-electron chi connectivity index (χ4n) is 1.47. The van der Waals surface area contributed by atoms with Gasteiger partial charge in [0, 0.05) is 12.0 Å². The molecule has 17 heavy (non-hydrogen) atoms. The molecule has 1 heterocycles. The van der Waals surface area contributed by atoms with Crippen molar-refractivity contribution in [3.8, 4) is 0 Å². The summed E-state index contributed by atoms with van der Waals surface area (Å²) in [5.74, 6) is -0.871. The summed E-state index contributed by atoms with van der Waals surface area (Å²) in [6.45, 7) is 0. The van der Waals surface area contributed by atoms with Crippen molar-refractivity contribution in [3.05, 3.63) is 46.0 Å². The molecule has 1 aromatic heterocycles. The third kappa shape index (κ3) is 2.50. The molecule has 0 fully saturated rings. The van der Waals surface area contributed by atoms with E-state index < -0.39 is 17.7 Å². The lowest BCUT2D eigenvalue weighted by molar-refractivity contribution is 0.531. The molecular formula is C10H9BrF2N4. The quantitative estimate of drug-likeness (QED) is 0.853. The number of aromatic amines is 1. The molecule has 4 nitrogen and oxygen atoms in total. The molecular weight excluding hydrogens is 294 g/mol. The van der Waals surface area contributed by atoms with Crippen molar-refractivity contribution >= 4 is 15.9 Å². The van der Waals surface area contributed by atoms with Crippen LogP contribution in [0.3, 0.4) is 0 Å². The van der Waals surface area contributed by atoms with Crippen molar-refractivity contribution in [1.29, 1.82) is 0 Å². The van der Waals surface area contributed by atoms with E-state index in [9.17, 15) is 8.78 Å². The molecule has 0 spiro atoms. The zero-order valence-electron chi connectivity index (χ0n) is 8.62. The van der Waals surface area contributed by atoms with E-state index >= 15 is 0 Å². The fraction of sp³-hybridized carbons (Fsp3) is 0.200. The number of rotatable bonds is 3. The molecule has 0 amide bonds. The van der Waals surface area contributed by atoms with Gasteiger partial charge in [0.25, 0.3) is 0 Å². The molecule has 0 bridgehead atoms. The number of nitrogens with zero attached hydrogens (tertiary/aromatic N) is 2. The lowest BCUT2D eigenvalue weighted by atomic mass is 10.0. The summed E-state index contributed by atoms with van der Waals surface area (Å²) in [7, 11) is 0. The summed E-state index contributed by atoms with van der Waals surface area (Å²) in [5, 5.41) is 6.20. The average molecular weight is 303 g/mol. The highest BCUT2D eigenvalue weighted by atomic mass is 79.9. The molecule has 2 rings (SSSR count). The smallest absolute Gasteiger partial charge is 0.143 e. The van der Waals surface area contributed by atoms with E-state index in [-0.39, 0.29) is 16.5 Å². The van der Waals surface area contributed by atoms with Gasteiger partial charge in [-0.15, -0.1) is 0 Å². The van der Waals surface area contributed by atoms with Crippen LogP contribution in [-0.4, -0.2) is 15.2 Å². The first kappa shape index (κ1) is 12.1. The highest BCUT2D eigenvalue weighted by molar-refractivity contribution is 9.10. The lowest BCUT2D eigenvalue weighted by Gasteiger charge is -2.10.